The molecule has 0 radical (unpaired) electrons. The maximum atomic E-state index is 11.2. The molecule has 0 aliphatic rings. The molecular weight excluding hydrogens is 321 g/mol. The van der Waals surface area contributed by atoms with Crippen molar-refractivity contribution in [1.82, 2.24) is 0 Å². The van der Waals surface area contributed by atoms with E-state index in [-0.39, 0.29) is 11.5 Å². The van der Waals surface area contributed by atoms with Gasteiger partial charge < -0.3 is 14.6 Å². The zero-order chi connectivity index (χ0) is 19.2. The number of esters is 2. The lowest BCUT2D eigenvalue weighted by molar-refractivity contribution is -0.182. The molecular formula is C14H19F3O6. The van der Waals surface area contributed by atoms with E-state index >= 15 is 0 Å². The number of carbonyl (C=O) groups excluding carboxylic acids is 2. The van der Waals surface area contributed by atoms with Gasteiger partial charge >= 0.3 is 24.1 Å². The van der Waals surface area contributed by atoms with Crippen molar-refractivity contribution in [1.29, 1.82) is 0 Å². The molecule has 0 unspecified atom stereocenters. The van der Waals surface area contributed by atoms with E-state index in [0.717, 1.165) is 0 Å². The molecule has 0 bridgehead atoms. The van der Waals surface area contributed by atoms with Crippen molar-refractivity contribution >= 4 is 17.9 Å². The van der Waals surface area contributed by atoms with E-state index in [1.165, 1.54) is 14.0 Å². The Kier molecular flexibility index (Phi) is 14.5. The van der Waals surface area contributed by atoms with Gasteiger partial charge in [0.05, 0.1) is 7.11 Å². The summed E-state index contributed by atoms with van der Waals surface area (Å²) in [7, 11) is 1.33. The highest BCUT2D eigenvalue weighted by atomic mass is 19.4. The number of hydrogen-bond acceptors (Lipinski definition) is 5. The lowest BCUT2D eigenvalue weighted by Gasteiger charge is -2.04. The molecule has 9 heteroatoms. The number of carboxylic acids is 1. The molecule has 1 N–H and O–H groups in total. The van der Waals surface area contributed by atoms with Gasteiger partial charge in [-0.25, -0.2) is 14.4 Å². The van der Waals surface area contributed by atoms with Crippen molar-refractivity contribution in [3.05, 3.63) is 37.0 Å². The molecule has 23 heavy (non-hydrogen) atoms. The summed E-state index contributed by atoms with van der Waals surface area (Å²) in [6, 6.07) is 0. The minimum Gasteiger partial charge on any atom is -0.478 e. The van der Waals surface area contributed by atoms with Crippen LogP contribution in [0.4, 0.5) is 13.2 Å². The number of ether oxygens (including phenoxy) is 2. The summed E-state index contributed by atoms with van der Waals surface area (Å²) in [4.78, 5) is 29.8. The first kappa shape index (κ1) is 25.4. The van der Waals surface area contributed by atoms with Crippen LogP contribution in [0.15, 0.2) is 37.0 Å². The Morgan fingerprint density at radius 3 is 1.65 bits per heavy atom. The van der Waals surface area contributed by atoms with Crippen molar-refractivity contribution in [3.63, 3.8) is 0 Å². The van der Waals surface area contributed by atoms with Crippen LogP contribution in [0.5, 0.6) is 0 Å². The van der Waals surface area contributed by atoms with E-state index < -0.39 is 24.7 Å². The van der Waals surface area contributed by atoms with E-state index in [1.807, 2.05) is 0 Å². The molecule has 0 aromatic carbocycles. The topological polar surface area (TPSA) is 89.9 Å². The monoisotopic (exact) mass is 340 g/mol. The van der Waals surface area contributed by atoms with Gasteiger partial charge in [-0.05, 0) is 13.8 Å². The predicted octanol–water partition coefficient (Wildman–Crippen LogP) is 2.66. The van der Waals surface area contributed by atoms with Gasteiger partial charge in [0.15, 0.2) is 6.61 Å². The summed E-state index contributed by atoms with van der Waals surface area (Å²) in [6.45, 7) is 10.9. The average Bonchev–Trinajstić information content (AvgIpc) is 2.44. The zero-order valence-corrected chi connectivity index (χ0v) is 13.0. The molecule has 0 fully saturated rings. The van der Waals surface area contributed by atoms with Crippen LogP contribution in [0.25, 0.3) is 0 Å². The smallest absolute Gasteiger partial charge is 0.422 e. The van der Waals surface area contributed by atoms with Crippen LogP contribution in [-0.4, -0.2) is 42.9 Å². The highest BCUT2D eigenvalue weighted by Gasteiger charge is 2.28. The fraction of sp³-hybridized carbons (Fsp3) is 0.357. The minimum absolute atomic E-state index is 0.176. The van der Waals surface area contributed by atoms with Crippen LogP contribution in [0, 0.1) is 0 Å². The van der Waals surface area contributed by atoms with Gasteiger partial charge in [0.25, 0.3) is 0 Å². The number of carbonyl (C=O) groups is 3. The molecule has 0 aliphatic heterocycles. The Morgan fingerprint density at radius 2 is 1.52 bits per heavy atom. The van der Waals surface area contributed by atoms with Crippen LogP contribution in [-0.2, 0) is 23.9 Å². The van der Waals surface area contributed by atoms with Crippen molar-refractivity contribution < 1.29 is 42.1 Å². The first-order valence-electron chi connectivity index (χ1n) is 5.77. The van der Waals surface area contributed by atoms with Crippen molar-refractivity contribution in [2.45, 2.75) is 20.0 Å². The van der Waals surface area contributed by atoms with Gasteiger partial charge in [0, 0.05) is 17.2 Å². The zero-order valence-electron chi connectivity index (χ0n) is 13.0. The maximum absolute atomic E-state index is 11.2. The summed E-state index contributed by atoms with van der Waals surface area (Å²) in [5.74, 6) is -2.35. The number of halogens is 3. The molecule has 0 rings (SSSR count). The Hall–Kier alpha value is -2.58. The Bertz CT molecular complexity index is 440. The molecule has 132 valence electrons. The Labute approximate surface area is 131 Å². The van der Waals surface area contributed by atoms with Crippen molar-refractivity contribution in [2.75, 3.05) is 13.7 Å². The third-order valence-electron chi connectivity index (χ3n) is 1.44. The standard InChI is InChI=1S/C5H5F3O2.C5H8O2.C4H6O2/c1-2-4(9)10-3-5(6,7)8;1-4(2)5(6)7-3;1-3(2)4(5)6/h2H,1,3H2;1H2,2-3H3;1H2,2H3,(H,5,6). The molecule has 0 aromatic heterocycles. The van der Waals surface area contributed by atoms with Crippen LogP contribution < -0.4 is 0 Å². The lowest BCUT2D eigenvalue weighted by Crippen LogP contribution is -2.19. The fourth-order valence-electron chi connectivity index (χ4n) is 0.386. The Balaban J connectivity index is -0.000000272. The van der Waals surface area contributed by atoms with Gasteiger partial charge in [-0.2, -0.15) is 13.2 Å². The first-order chi connectivity index (χ1) is 10.3. The van der Waals surface area contributed by atoms with Gasteiger partial charge in [-0.1, -0.05) is 19.7 Å². The van der Waals surface area contributed by atoms with E-state index in [9.17, 15) is 27.6 Å². The van der Waals surface area contributed by atoms with Crippen LogP contribution in [0.3, 0.4) is 0 Å². The normalized spacial score (nSPS) is 8.96. The third kappa shape index (κ3) is 24.8. The molecule has 0 amide bonds. The fourth-order valence-corrected chi connectivity index (χ4v) is 0.386. The minimum atomic E-state index is -4.46. The average molecular weight is 340 g/mol. The summed E-state index contributed by atoms with van der Waals surface area (Å²) in [6.07, 6.45) is -3.79. The van der Waals surface area contributed by atoms with Gasteiger partial charge in [0.1, 0.15) is 0 Å². The van der Waals surface area contributed by atoms with E-state index in [1.54, 1.807) is 6.92 Å². The van der Waals surface area contributed by atoms with E-state index in [0.29, 0.717) is 11.6 Å². The molecule has 0 saturated carbocycles. The molecule has 0 heterocycles. The first-order valence-corrected chi connectivity index (χ1v) is 5.77. The molecule has 6 nitrogen and oxygen atoms in total. The Morgan fingerprint density at radius 1 is 1.13 bits per heavy atom. The molecule has 0 aromatic rings. The highest BCUT2D eigenvalue weighted by Crippen LogP contribution is 2.14. The highest BCUT2D eigenvalue weighted by molar-refractivity contribution is 5.86. The second kappa shape index (κ2) is 13.1. The van der Waals surface area contributed by atoms with E-state index in [4.69, 9.17) is 5.11 Å². The van der Waals surface area contributed by atoms with E-state index in [2.05, 4.69) is 29.2 Å². The number of methoxy groups -OCH3 is 1. The van der Waals surface area contributed by atoms with Crippen LogP contribution in [0.2, 0.25) is 0 Å². The summed E-state index contributed by atoms with van der Waals surface area (Å²) < 4.78 is 41.7. The molecule has 0 saturated heterocycles. The van der Waals surface area contributed by atoms with Gasteiger partial charge in [0.2, 0.25) is 0 Å². The number of rotatable bonds is 4. The number of hydrogen-bond donors (Lipinski definition) is 1. The number of carboxylic acid groups (broad SMARTS) is 1. The number of alkyl halides is 3. The maximum Gasteiger partial charge on any atom is 0.422 e. The number of aliphatic carboxylic acids is 1. The van der Waals surface area contributed by atoms with Gasteiger partial charge in [-0.15, -0.1) is 0 Å². The SMILES string of the molecule is C=C(C)C(=O)O.C=C(C)C(=O)OC.C=CC(=O)OCC(F)(F)F. The van der Waals surface area contributed by atoms with Crippen molar-refractivity contribution in [3.8, 4) is 0 Å². The second-order valence-electron chi connectivity index (χ2n) is 3.78. The van der Waals surface area contributed by atoms with Crippen LogP contribution in [0.1, 0.15) is 13.8 Å². The second-order valence-corrected chi connectivity index (χ2v) is 3.78. The largest absolute Gasteiger partial charge is 0.478 e. The van der Waals surface area contributed by atoms with Crippen molar-refractivity contribution in [2.24, 2.45) is 0 Å². The molecule has 0 atom stereocenters. The van der Waals surface area contributed by atoms with Gasteiger partial charge in [-0.3, -0.25) is 0 Å². The molecule has 0 aliphatic carbocycles. The van der Waals surface area contributed by atoms with Crippen LogP contribution >= 0.6 is 0 Å². The lowest BCUT2D eigenvalue weighted by atomic mass is 10.4. The predicted molar refractivity (Wildman–Crippen MR) is 76.5 cm³/mol. The quantitative estimate of drug-likeness (QED) is 0.625. The summed E-state index contributed by atoms with van der Waals surface area (Å²) in [5, 5.41) is 7.89. The summed E-state index contributed by atoms with van der Waals surface area (Å²) in [5.41, 5.74) is 0.609. The molecule has 0 spiro atoms. The summed E-state index contributed by atoms with van der Waals surface area (Å²) >= 11 is 0. The third-order valence-corrected chi connectivity index (χ3v) is 1.44.